The van der Waals surface area contributed by atoms with Gasteiger partial charge in [0.05, 0.1) is 6.04 Å². The summed E-state index contributed by atoms with van der Waals surface area (Å²) in [5, 5.41) is 3.00. The highest BCUT2D eigenvalue weighted by atomic mass is 79.9. The van der Waals surface area contributed by atoms with Gasteiger partial charge in [-0.05, 0) is 35.2 Å². The van der Waals surface area contributed by atoms with Gasteiger partial charge in [0.1, 0.15) is 6.61 Å². The number of ether oxygens (including phenoxy) is 1. The Hall–Kier alpha value is -2.59. The summed E-state index contributed by atoms with van der Waals surface area (Å²) in [5.41, 5.74) is 3.16. The number of rotatable bonds is 6. The summed E-state index contributed by atoms with van der Waals surface area (Å²) in [6.45, 7) is 0.255. The van der Waals surface area contributed by atoms with Crippen molar-refractivity contribution in [3.05, 3.63) is 106 Å². The van der Waals surface area contributed by atoms with Gasteiger partial charge in [-0.15, -0.1) is 0 Å². The van der Waals surface area contributed by atoms with E-state index in [0.29, 0.717) is 6.42 Å². The van der Waals surface area contributed by atoms with Crippen LogP contribution in [0.5, 0.6) is 0 Å². The molecule has 0 aliphatic heterocycles. The van der Waals surface area contributed by atoms with Gasteiger partial charge < -0.3 is 10.1 Å². The Morgan fingerprint density at radius 1 is 0.846 bits per heavy atom. The molecular formula is C22H20BrNO2. The third-order valence-electron chi connectivity index (χ3n) is 4.06. The van der Waals surface area contributed by atoms with E-state index in [1.165, 1.54) is 0 Å². The molecule has 0 unspecified atom stereocenters. The van der Waals surface area contributed by atoms with Crippen LogP contribution in [0.25, 0.3) is 0 Å². The Kier molecular flexibility index (Phi) is 6.45. The highest BCUT2D eigenvalue weighted by Crippen LogP contribution is 2.21. The predicted octanol–water partition coefficient (Wildman–Crippen LogP) is 5.66. The molecule has 132 valence electrons. The van der Waals surface area contributed by atoms with Crippen LogP contribution in [-0.4, -0.2) is 6.09 Å². The maximum Gasteiger partial charge on any atom is 0.407 e. The van der Waals surface area contributed by atoms with Crippen LogP contribution in [0.4, 0.5) is 4.79 Å². The fraction of sp³-hybridized carbons (Fsp3) is 0.136. The molecule has 0 aromatic heterocycles. The minimum absolute atomic E-state index is 0.159. The lowest BCUT2D eigenvalue weighted by molar-refractivity contribution is 0.135. The zero-order chi connectivity index (χ0) is 18.2. The molecule has 0 aliphatic rings. The van der Waals surface area contributed by atoms with E-state index in [1.807, 2.05) is 72.8 Å². The van der Waals surface area contributed by atoms with E-state index in [0.717, 1.165) is 21.2 Å². The summed E-state index contributed by atoms with van der Waals surface area (Å²) in [4.78, 5) is 12.3. The zero-order valence-corrected chi connectivity index (χ0v) is 15.9. The Labute approximate surface area is 162 Å². The number of amides is 1. The number of carbonyl (C=O) groups is 1. The van der Waals surface area contributed by atoms with Gasteiger partial charge in [-0.25, -0.2) is 4.79 Å². The van der Waals surface area contributed by atoms with Crippen molar-refractivity contribution in [1.82, 2.24) is 5.32 Å². The Morgan fingerprint density at radius 2 is 1.42 bits per heavy atom. The van der Waals surface area contributed by atoms with Crippen molar-refractivity contribution in [2.75, 3.05) is 0 Å². The second kappa shape index (κ2) is 9.20. The second-order valence-electron chi connectivity index (χ2n) is 6.00. The minimum Gasteiger partial charge on any atom is -0.445 e. The maximum absolute atomic E-state index is 12.3. The van der Waals surface area contributed by atoms with E-state index in [9.17, 15) is 4.79 Å². The molecule has 3 aromatic carbocycles. The van der Waals surface area contributed by atoms with Gasteiger partial charge in [0.25, 0.3) is 0 Å². The topological polar surface area (TPSA) is 38.3 Å². The van der Waals surface area contributed by atoms with Gasteiger partial charge in [0, 0.05) is 4.47 Å². The molecule has 0 spiro atoms. The second-order valence-corrected chi connectivity index (χ2v) is 6.92. The molecule has 0 bridgehead atoms. The number of nitrogens with one attached hydrogen (secondary N) is 1. The minimum atomic E-state index is -0.419. The Balaban J connectivity index is 1.68. The third-order valence-corrected chi connectivity index (χ3v) is 4.59. The largest absolute Gasteiger partial charge is 0.445 e. The number of hydrogen-bond donors (Lipinski definition) is 1. The van der Waals surface area contributed by atoms with Gasteiger partial charge in [-0.2, -0.15) is 0 Å². The quantitative estimate of drug-likeness (QED) is 0.570. The van der Waals surface area contributed by atoms with Crippen LogP contribution in [-0.2, 0) is 17.8 Å². The highest BCUT2D eigenvalue weighted by molar-refractivity contribution is 9.10. The van der Waals surface area contributed by atoms with Crippen LogP contribution < -0.4 is 5.32 Å². The van der Waals surface area contributed by atoms with Crippen molar-refractivity contribution < 1.29 is 9.53 Å². The maximum atomic E-state index is 12.3. The zero-order valence-electron chi connectivity index (χ0n) is 14.3. The average Bonchev–Trinajstić information content (AvgIpc) is 2.68. The van der Waals surface area contributed by atoms with Crippen LogP contribution in [0.2, 0.25) is 0 Å². The van der Waals surface area contributed by atoms with Gasteiger partial charge in [-0.1, -0.05) is 88.7 Å². The summed E-state index contributed by atoms with van der Waals surface area (Å²) < 4.78 is 6.39. The van der Waals surface area contributed by atoms with E-state index in [4.69, 9.17) is 4.74 Å². The van der Waals surface area contributed by atoms with Crippen molar-refractivity contribution in [3.8, 4) is 0 Å². The summed E-state index contributed by atoms with van der Waals surface area (Å²) in [6, 6.07) is 27.6. The summed E-state index contributed by atoms with van der Waals surface area (Å²) >= 11 is 3.45. The molecule has 3 rings (SSSR count). The molecule has 4 heteroatoms. The smallest absolute Gasteiger partial charge is 0.407 e. The van der Waals surface area contributed by atoms with Crippen LogP contribution in [0.1, 0.15) is 22.7 Å². The number of carbonyl (C=O) groups excluding carboxylic acids is 1. The molecular weight excluding hydrogens is 390 g/mol. The van der Waals surface area contributed by atoms with Crippen LogP contribution in [0.3, 0.4) is 0 Å². The molecule has 1 atom stereocenters. The normalized spacial score (nSPS) is 11.6. The molecule has 3 nitrogen and oxygen atoms in total. The monoisotopic (exact) mass is 409 g/mol. The third kappa shape index (κ3) is 5.46. The lowest BCUT2D eigenvalue weighted by atomic mass is 9.99. The van der Waals surface area contributed by atoms with E-state index >= 15 is 0 Å². The first-order chi connectivity index (χ1) is 12.7. The lowest BCUT2D eigenvalue weighted by Crippen LogP contribution is -2.30. The number of alkyl carbamates (subject to hydrolysis) is 1. The van der Waals surface area contributed by atoms with E-state index < -0.39 is 6.09 Å². The number of hydrogen-bond acceptors (Lipinski definition) is 2. The molecule has 0 saturated heterocycles. The molecule has 0 saturated carbocycles. The van der Waals surface area contributed by atoms with E-state index in [2.05, 4.69) is 33.4 Å². The van der Waals surface area contributed by atoms with Gasteiger partial charge in [0.15, 0.2) is 0 Å². The van der Waals surface area contributed by atoms with Crippen molar-refractivity contribution in [3.63, 3.8) is 0 Å². The molecule has 1 N–H and O–H groups in total. The first-order valence-electron chi connectivity index (χ1n) is 8.47. The summed E-state index contributed by atoms with van der Waals surface area (Å²) in [6.07, 6.45) is 0.279. The molecule has 0 radical (unpaired) electrons. The average molecular weight is 410 g/mol. The van der Waals surface area contributed by atoms with Crippen LogP contribution >= 0.6 is 15.9 Å². The standard InChI is InChI=1S/C22H20BrNO2/c23-20-13-11-19(12-14-20)21(15-17-7-3-1-4-8-17)24-22(25)26-16-18-9-5-2-6-10-18/h1-14,21H,15-16H2,(H,24,25)/t21-/m1/s1. The van der Waals surface area contributed by atoms with E-state index in [1.54, 1.807) is 0 Å². The Bertz CT molecular complexity index is 820. The fourth-order valence-corrected chi connectivity index (χ4v) is 2.97. The van der Waals surface area contributed by atoms with Crippen molar-refractivity contribution in [2.45, 2.75) is 19.1 Å². The van der Waals surface area contributed by atoms with Gasteiger partial charge in [0.2, 0.25) is 0 Å². The number of benzene rings is 3. The SMILES string of the molecule is O=C(N[C@H](Cc1ccccc1)c1ccc(Br)cc1)OCc1ccccc1. The fourth-order valence-electron chi connectivity index (χ4n) is 2.70. The van der Waals surface area contributed by atoms with Crippen molar-refractivity contribution in [2.24, 2.45) is 0 Å². The molecule has 0 aliphatic carbocycles. The first kappa shape index (κ1) is 18.2. The summed E-state index contributed by atoms with van der Waals surface area (Å²) in [7, 11) is 0. The van der Waals surface area contributed by atoms with Crippen molar-refractivity contribution >= 4 is 22.0 Å². The Morgan fingerprint density at radius 3 is 2.04 bits per heavy atom. The summed E-state index contributed by atoms with van der Waals surface area (Å²) in [5.74, 6) is 0. The molecule has 0 fully saturated rings. The highest BCUT2D eigenvalue weighted by Gasteiger charge is 2.16. The van der Waals surface area contributed by atoms with Crippen LogP contribution in [0, 0.1) is 0 Å². The van der Waals surface area contributed by atoms with E-state index in [-0.39, 0.29) is 12.6 Å². The van der Waals surface area contributed by atoms with Gasteiger partial charge in [-0.3, -0.25) is 0 Å². The van der Waals surface area contributed by atoms with Crippen molar-refractivity contribution in [1.29, 1.82) is 0 Å². The predicted molar refractivity (Wildman–Crippen MR) is 107 cm³/mol. The number of halogens is 1. The lowest BCUT2D eigenvalue weighted by Gasteiger charge is -2.19. The molecule has 1 amide bonds. The molecule has 0 heterocycles. The van der Waals surface area contributed by atoms with Crippen LogP contribution in [0.15, 0.2) is 89.4 Å². The first-order valence-corrected chi connectivity index (χ1v) is 9.26. The molecule has 26 heavy (non-hydrogen) atoms. The molecule has 3 aromatic rings. The van der Waals surface area contributed by atoms with Gasteiger partial charge >= 0.3 is 6.09 Å².